The molecule has 0 fully saturated rings. The summed E-state index contributed by atoms with van der Waals surface area (Å²) in [6.45, 7) is 0.301. The summed E-state index contributed by atoms with van der Waals surface area (Å²) in [5, 5.41) is 3.98. The van der Waals surface area contributed by atoms with Crippen molar-refractivity contribution in [3.8, 4) is 11.4 Å². The number of fused-ring (bicyclic) bond motifs is 1. The average molecular weight is 385 g/mol. The van der Waals surface area contributed by atoms with Crippen LogP contribution in [0.2, 0.25) is 0 Å². The summed E-state index contributed by atoms with van der Waals surface area (Å²) in [6, 6.07) is 19.8. The Hall–Kier alpha value is -3.93. The summed E-state index contributed by atoms with van der Waals surface area (Å²) in [5.74, 6) is 0.421. The molecule has 0 unspecified atom stereocenters. The fourth-order valence-corrected chi connectivity index (χ4v) is 3.18. The Bertz CT molecular complexity index is 1220. The van der Waals surface area contributed by atoms with E-state index in [2.05, 4.69) is 10.3 Å². The van der Waals surface area contributed by atoms with E-state index in [1.165, 1.54) is 4.57 Å². The topological polar surface area (TPSA) is 73.2 Å². The third-order valence-corrected chi connectivity index (χ3v) is 4.68. The Balaban J connectivity index is 1.77. The van der Waals surface area contributed by atoms with E-state index in [1.807, 2.05) is 24.3 Å². The van der Waals surface area contributed by atoms with Crippen LogP contribution in [0.25, 0.3) is 16.5 Å². The monoisotopic (exact) mass is 385 g/mol. The number of aromatic nitrogens is 2. The zero-order chi connectivity index (χ0) is 20.2. The molecule has 144 valence electrons. The van der Waals surface area contributed by atoms with Gasteiger partial charge in [0, 0.05) is 28.9 Å². The van der Waals surface area contributed by atoms with Crippen LogP contribution in [0, 0.1) is 0 Å². The molecular weight excluding hydrogens is 366 g/mol. The van der Waals surface area contributed by atoms with Gasteiger partial charge in [-0.05, 0) is 42.5 Å². The maximum absolute atomic E-state index is 13.0. The number of nitrogens with zero attached hydrogens (tertiary/aromatic N) is 2. The lowest BCUT2D eigenvalue weighted by molar-refractivity contribution is 0.0951. The molecule has 0 saturated heterocycles. The second kappa shape index (κ2) is 7.98. The molecule has 0 aliphatic rings. The zero-order valence-corrected chi connectivity index (χ0v) is 15.8. The molecule has 0 aliphatic heterocycles. The van der Waals surface area contributed by atoms with E-state index in [-0.39, 0.29) is 11.5 Å². The smallest absolute Gasteiger partial charge is 0.262 e. The van der Waals surface area contributed by atoms with Crippen LogP contribution in [0.5, 0.6) is 5.75 Å². The van der Waals surface area contributed by atoms with Gasteiger partial charge in [-0.25, -0.2) is 0 Å². The van der Waals surface area contributed by atoms with Crippen molar-refractivity contribution in [1.82, 2.24) is 14.9 Å². The SMILES string of the molecule is COc1ccc(-n2cc(C(=O)NCc3ccccn3)c3ccccc3c2=O)cc1. The Labute approximate surface area is 167 Å². The van der Waals surface area contributed by atoms with Crippen molar-refractivity contribution in [1.29, 1.82) is 0 Å². The number of amides is 1. The number of carbonyl (C=O) groups excluding carboxylic acids is 1. The second-order valence-corrected chi connectivity index (χ2v) is 6.47. The van der Waals surface area contributed by atoms with E-state index in [0.717, 1.165) is 5.69 Å². The van der Waals surface area contributed by atoms with Crippen LogP contribution < -0.4 is 15.6 Å². The molecular formula is C23H19N3O3. The molecule has 4 aromatic rings. The Morgan fingerprint density at radius 3 is 2.41 bits per heavy atom. The van der Waals surface area contributed by atoms with Gasteiger partial charge < -0.3 is 10.1 Å². The van der Waals surface area contributed by atoms with Crippen LogP contribution in [-0.4, -0.2) is 22.6 Å². The number of methoxy groups -OCH3 is 1. The fraction of sp³-hybridized carbons (Fsp3) is 0.0870. The van der Waals surface area contributed by atoms with Crippen LogP contribution in [0.4, 0.5) is 0 Å². The third kappa shape index (κ3) is 3.73. The molecule has 2 aromatic heterocycles. The summed E-state index contributed by atoms with van der Waals surface area (Å²) in [6.07, 6.45) is 3.26. The molecule has 29 heavy (non-hydrogen) atoms. The van der Waals surface area contributed by atoms with Crippen molar-refractivity contribution in [3.05, 3.63) is 101 Å². The van der Waals surface area contributed by atoms with Crippen LogP contribution in [0.15, 0.2) is 83.9 Å². The number of rotatable bonds is 5. The zero-order valence-electron chi connectivity index (χ0n) is 15.8. The van der Waals surface area contributed by atoms with Crippen LogP contribution in [-0.2, 0) is 6.54 Å². The lowest BCUT2D eigenvalue weighted by Crippen LogP contribution is -2.27. The number of pyridine rings is 2. The highest BCUT2D eigenvalue weighted by atomic mass is 16.5. The molecule has 1 N–H and O–H groups in total. The molecule has 6 heteroatoms. The van der Waals surface area contributed by atoms with Crippen molar-refractivity contribution >= 4 is 16.7 Å². The van der Waals surface area contributed by atoms with Crippen LogP contribution in [0.3, 0.4) is 0 Å². The largest absolute Gasteiger partial charge is 0.497 e. The summed E-state index contributed by atoms with van der Waals surface area (Å²) in [4.78, 5) is 30.2. The van der Waals surface area contributed by atoms with Gasteiger partial charge in [-0.1, -0.05) is 24.3 Å². The van der Waals surface area contributed by atoms with Crippen LogP contribution in [0.1, 0.15) is 16.1 Å². The number of benzene rings is 2. The summed E-state index contributed by atoms with van der Waals surface area (Å²) < 4.78 is 6.67. The fourth-order valence-electron chi connectivity index (χ4n) is 3.18. The normalized spacial score (nSPS) is 10.7. The third-order valence-electron chi connectivity index (χ3n) is 4.68. The highest BCUT2D eigenvalue weighted by Gasteiger charge is 2.15. The molecule has 0 aliphatic carbocycles. The molecule has 0 atom stereocenters. The predicted octanol–water partition coefficient (Wildman–Crippen LogP) is 3.32. The van der Waals surface area contributed by atoms with Gasteiger partial charge in [0.25, 0.3) is 11.5 Å². The minimum Gasteiger partial charge on any atom is -0.497 e. The predicted molar refractivity (Wildman–Crippen MR) is 112 cm³/mol. The van der Waals surface area contributed by atoms with Gasteiger partial charge in [0.05, 0.1) is 24.9 Å². The Morgan fingerprint density at radius 2 is 1.72 bits per heavy atom. The first-order valence-electron chi connectivity index (χ1n) is 9.14. The van der Waals surface area contributed by atoms with Gasteiger partial charge in [0.2, 0.25) is 0 Å². The van der Waals surface area contributed by atoms with E-state index in [9.17, 15) is 9.59 Å². The maximum Gasteiger partial charge on any atom is 0.262 e. The molecule has 0 spiro atoms. The summed E-state index contributed by atoms with van der Waals surface area (Å²) in [7, 11) is 1.58. The van der Waals surface area contributed by atoms with Crippen molar-refractivity contribution < 1.29 is 9.53 Å². The average Bonchev–Trinajstić information content (AvgIpc) is 2.79. The first-order valence-corrected chi connectivity index (χ1v) is 9.14. The highest BCUT2D eigenvalue weighted by Crippen LogP contribution is 2.19. The number of hydrogen-bond acceptors (Lipinski definition) is 4. The molecule has 2 aromatic carbocycles. The van der Waals surface area contributed by atoms with E-state index >= 15 is 0 Å². The molecule has 1 amide bonds. The van der Waals surface area contributed by atoms with E-state index in [0.29, 0.717) is 34.3 Å². The highest BCUT2D eigenvalue weighted by molar-refractivity contribution is 6.06. The van der Waals surface area contributed by atoms with Gasteiger partial charge in [0.1, 0.15) is 5.75 Å². The molecule has 6 nitrogen and oxygen atoms in total. The van der Waals surface area contributed by atoms with Gasteiger partial charge >= 0.3 is 0 Å². The number of nitrogens with one attached hydrogen (secondary N) is 1. The van der Waals surface area contributed by atoms with E-state index < -0.39 is 0 Å². The van der Waals surface area contributed by atoms with Crippen molar-refractivity contribution in [2.24, 2.45) is 0 Å². The minimum absolute atomic E-state index is 0.188. The molecule has 0 bridgehead atoms. The molecule has 4 rings (SSSR count). The molecule has 0 radical (unpaired) electrons. The van der Waals surface area contributed by atoms with E-state index in [1.54, 1.807) is 62.0 Å². The van der Waals surface area contributed by atoms with Crippen molar-refractivity contribution in [2.45, 2.75) is 6.54 Å². The standard InChI is InChI=1S/C23H19N3O3/c1-29-18-11-9-17(10-12-18)26-15-21(19-7-2-3-8-20(19)23(26)28)22(27)25-14-16-6-4-5-13-24-16/h2-13,15H,14H2,1H3,(H,25,27). The second-order valence-electron chi connectivity index (χ2n) is 6.47. The van der Waals surface area contributed by atoms with Gasteiger partial charge in [-0.15, -0.1) is 0 Å². The quantitative estimate of drug-likeness (QED) is 0.572. The summed E-state index contributed by atoms with van der Waals surface area (Å²) in [5.41, 5.74) is 1.65. The summed E-state index contributed by atoms with van der Waals surface area (Å²) >= 11 is 0. The first-order chi connectivity index (χ1) is 14.2. The lowest BCUT2D eigenvalue weighted by atomic mass is 10.1. The van der Waals surface area contributed by atoms with Gasteiger partial charge in [-0.3, -0.25) is 19.1 Å². The van der Waals surface area contributed by atoms with Crippen LogP contribution >= 0.6 is 0 Å². The maximum atomic E-state index is 13.0. The first kappa shape index (κ1) is 18.4. The number of ether oxygens (including phenoxy) is 1. The van der Waals surface area contributed by atoms with E-state index in [4.69, 9.17) is 4.74 Å². The van der Waals surface area contributed by atoms with Gasteiger partial charge in [0.15, 0.2) is 0 Å². The van der Waals surface area contributed by atoms with Gasteiger partial charge in [-0.2, -0.15) is 0 Å². The minimum atomic E-state index is -0.269. The lowest BCUT2D eigenvalue weighted by Gasteiger charge is -2.13. The van der Waals surface area contributed by atoms with Crippen molar-refractivity contribution in [2.75, 3.05) is 7.11 Å². The number of carbonyl (C=O) groups is 1. The Kier molecular flexibility index (Phi) is 5.07. The molecule has 0 saturated carbocycles. The molecule has 2 heterocycles. The van der Waals surface area contributed by atoms with Crippen molar-refractivity contribution in [3.63, 3.8) is 0 Å². The Morgan fingerprint density at radius 1 is 1.00 bits per heavy atom. The number of hydrogen-bond donors (Lipinski definition) is 1.